The maximum atomic E-state index is 12.6. The van der Waals surface area contributed by atoms with Gasteiger partial charge in [0.2, 0.25) is 0 Å². The summed E-state index contributed by atoms with van der Waals surface area (Å²) < 4.78 is 7.92. The summed E-state index contributed by atoms with van der Waals surface area (Å²) in [6.07, 6.45) is 9.51. The molecule has 1 N–H and O–H groups in total. The molecule has 0 atom stereocenters. The van der Waals surface area contributed by atoms with E-state index in [-0.39, 0.29) is 11.6 Å². The Kier molecular flexibility index (Phi) is 7.94. The first-order valence-electron chi connectivity index (χ1n) is 13.3. The molecular formula is C31H34N4O2. The predicted molar refractivity (Wildman–Crippen MR) is 147 cm³/mol. The van der Waals surface area contributed by atoms with Crippen LogP contribution in [0.4, 0.5) is 5.69 Å². The number of carbonyl (C=O) groups is 1. The van der Waals surface area contributed by atoms with Crippen molar-refractivity contribution in [1.29, 1.82) is 0 Å². The van der Waals surface area contributed by atoms with Gasteiger partial charge < -0.3 is 10.1 Å². The Morgan fingerprint density at radius 2 is 1.59 bits per heavy atom. The van der Waals surface area contributed by atoms with Crippen molar-refractivity contribution in [3.8, 4) is 16.9 Å². The van der Waals surface area contributed by atoms with E-state index in [2.05, 4.69) is 46.8 Å². The average Bonchev–Trinajstić information content (AvgIpc) is 3.40. The molecule has 1 aliphatic carbocycles. The largest absolute Gasteiger partial charge is 0.490 e. The highest BCUT2D eigenvalue weighted by atomic mass is 16.5. The van der Waals surface area contributed by atoms with Gasteiger partial charge in [0.15, 0.2) is 5.69 Å². The first-order chi connectivity index (χ1) is 18.2. The number of carbonyl (C=O) groups excluding carboxylic acids is 1. The Bertz CT molecular complexity index is 1280. The SMILES string of the molecule is CCCC1CCC(Oc2ccc(-c3ccc(NC(=O)c4cn(Cc5ccccc5)nn4)cc3)cc2)CC1. The quantitative estimate of drug-likeness (QED) is 0.272. The minimum atomic E-state index is -0.280. The third kappa shape index (κ3) is 6.64. The molecule has 6 nitrogen and oxygen atoms in total. The highest BCUT2D eigenvalue weighted by Crippen LogP contribution is 2.31. The summed E-state index contributed by atoms with van der Waals surface area (Å²) >= 11 is 0. The number of ether oxygens (including phenoxy) is 1. The normalized spacial score (nSPS) is 17.3. The van der Waals surface area contributed by atoms with E-state index in [9.17, 15) is 4.79 Å². The lowest BCUT2D eigenvalue weighted by atomic mass is 9.85. The third-order valence-corrected chi connectivity index (χ3v) is 7.08. The Morgan fingerprint density at radius 3 is 2.27 bits per heavy atom. The van der Waals surface area contributed by atoms with Crippen LogP contribution in [0.5, 0.6) is 5.75 Å². The number of anilines is 1. The van der Waals surface area contributed by atoms with Crippen molar-refractivity contribution < 1.29 is 9.53 Å². The van der Waals surface area contributed by atoms with Crippen LogP contribution >= 0.6 is 0 Å². The van der Waals surface area contributed by atoms with Crippen molar-refractivity contribution in [2.45, 2.75) is 58.1 Å². The summed E-state index contributed by atoms with van der Waals surface area (Å²) in [5.74, 6) is 1.54. The van der Waals surface area contributed by atoms with Crippen molar-refractivity contribution >= 4 is 11.6 Å². The minimum absolute atomic E-state index is 0.280. The summed E-state index contributed by atoms with van der Waals surface area (Å²) in [6, 6.07) is 26.1. The Morgan fingerprint density at radius 1 is 0.919 bits per heavy atom. The van der Waals surface area contributed by atoms with E-state index >= 15 is 0 Å². The summed E-state index contributed by atoms with van der Waals surface area (Å²) in [5, 5.41) is 11.0. The van der Waals surface area contributed by atoms with E-state index in [0.29, 0.717) is 18.3 Å². The van der Waals surface area contributed by atoms with Crippen LogP contribution in [0.2, 0.25) is 0 Å². The van der Waals surface area contributed by atoms with E-state index in [1.165, 1.54) is 25.7 Å². The van der Waals surface area contributed by atoms with E-state index < -0.39 is 0 Å². The Hall–Kier alpha value is -3.93. The highest BCUT2D eigenvalue weighted by Gasteiger charge is 2.21. The Labute approximate surface area is 218 Å². The first kappa shape index (κ1) is 24.8. The lowest BCUT2D eigenvalue weighted by molar-refractivity contribution is 0.102. The van der Waals surface area contributed by atoms with Crippen LogP contribution in [0, 0.1) is 5.92 Å². The number of hydrogen-bond acceptors (Lipinski definition) is 4. The molecule has 0 saturated heterocycles. The second-order valence-corrected chi connectivity index (χ2v) is 9.89. The number of nitrogens with zero attached hydrogens (tertiary/aromatic N) is 3. The molecule has 6 heteroatoms. The van der Waals surface area contributed by atoms with E-state index in [0.717, 1.165) is 41.2 Å². The topological polar surface area (TPSA) is 69.0 Å². The molecule has 0 radical (unpaired) electrons. The van der Waals surface area contributed by atoms with Crippen molar-refractivity contribution in [2.24, 2.45) is 5.92 Å². The smallest absolute Gasteiger partial charge is 0.277 e. The molecule has 4 aromatic rings. The average molecular weight is 495 g/mol. The van der Waals surface area contributed by atoms with Gasteiger partial charge >= 0.3 is 0 Å². The molecule has 0 unspecified atom stereocenters. The van der Waals surface area contributed by atoms with Gasteiger partial charge in [-0.2, -0.15) is 0 Å². The number of hydrogen-bond donors (Lipinski definition) is 1. The fourth-order valence-corrected chi connectivity index (χ4v) is 5.06. The van der Waals surface area contributed by atoms with Crippen LogP contribution in [-0.2, 0) is 6.54 Å². The molecule has 0 bridgehead atoms. The van der Waals surface area contributed by atoms with Gasteiger partial charge in [-0.05, 0) is 72.6 Å². The van der Waals surface area contributed by atoms with Gasteiger partial charge in [0.05, 0.1) is 18.8 Å². The number of nitrogens with one attached hydrogen (secondary N) is 1. The van der Waals surface area contributed by atoms with Gasteiger partial charge in [0.25, 0.3) is 5.91 Å². The highest BCUT2D eigenvalue weighted by molar-refractivity contribution is 6.02. The molecule has 5 rings (SSSR count). The number of amides is 1. The fraction of sp³-hybridized carbons (Fsp3) is 0.323. The lowest BCUT2D eigenvalue weighted by Crippen LogP contribution is -2.24. The van der Waals surface area contributed by atoms with Crippen molar-refractivity contribution in [1.82, 2.24) is 15.0 Å². The molecule has 1 fully saturated rings. The maximum absolute atomic E-state index is 12.6. The lowest BCUT2D eigenvalue weighted by Gasteiger charge is -2.28. The Balaban J connectivity index is 1.14. The van der Waals surface area contributed by atoms with E-state index in [1.54, 1.807) is 10.9 Å². The molecule has 1 aliphatic rings. The monoisotopic (exact) mass is 494 g/mol. The number of aromatic nitrogens is 3. The zero-order valence-corrected chi connectivity index (χ0v) is 21.3. The van der Waals surface area contributed by atoms with E-state index in [1.807, 2.05) is 54.6 Å². The first-order valence-corrected chi connectivity index (χ1v) is 13.3. The van der Waals surface area contributed by atoms with Gasteiger partial charge in [-0.3, -0.25) is 4.79 Å². The van der Waals surface area contributed by atoms with E-state index in [4.69, 9.17) is 4.74 Å². The number of benzene rings is 3. The second kappa shape index (κ2) is 11.9. The van der Waals surface area contributed by atoms with Gasteiger partial charge in [0.1, 0.15) is 5.75 Å². The van der Waals surface area contributed by atoms with Crippen LogP contribution < -0.4 is 10.1 Å². The second-order valence-electron chi connectivity index (χ2n) is 9.89. The molecule has 1 heterocycles. The van der Waals surface area contributed by atoms with Crippen LogP contribution in [0.1, 0.15) is 61.5 Å². The van der Waals surface area contributed by atoms with Crippen molar-refractivity contribution in [3.63, 3.8) is 0 Å². The zero-order chi connectivity index (χ0) is 25.5. The summed E-state index contributed by atoms with van der Waals surface area (Å²) in [4.78, 5) is 12.6. The molecular weight excluding hydrogens is 460 g/mol. The molecule has 1 saturated carbocycles. The minimum Gasteiger partial charge on any atom is -0.490 e. The van der Waals surface area contributed by atoms with Gasteiger partial charge in [-0.1, -0.05) is 79.6 Å². The number of rotatable bonds is 9. The van der Waals surface area contributed by atoms with Crippen molar-refractivity contribution in [2.75, 3.05) is 5.32 Å². The van der Waals surface area contributed by atoms with Gasteiger partial charge in [-0.25, -0.2) is 4.68 Å². The molecule has 190 valence electrons. The van der Waals surface area contributed by atoms with Gasteiger partial charge in [0, 0.05) is 5.69 Å². The van der Waals surface area contributed by atoms with Gasteiger partial charge in [-0.15, -0.1) is 5.10 Å². The molecule has 3 aromatic carbocycles. The molecule has 37 heavy (non-hydrogen) atoms. The molecule has 1 amide bonds. The summed E-state index contributed by atoms with van der Waals surface area (Å²) in [6.45, 7) is 2.84. The fourth-order valence-electron chi connectivity index (χ4n) is 5.06. The molecule has 0 spiro atoms. The predicted octanol–water partition coefficient (Wildman–Crippen LogP) is 6.98. The van der Waals surface area contributed by atoms with Crippen LogP contribution in [-0.4, -0.2) is 27.0 Å². The maximum Gasteiger partial charge on any atom is 0.277 e. The van der Waals surface area contributed by atoms with Crippen LogP contribution in [0.3, 0.4) is 0 Å². The van der Waals surface area contributed by atoms with Crippen LogP contribution in [0.15, 0.2) is 85.1 Å². The van der Waals surface area contributed by atoms with Crippen LogP contribution in [0.25, 0.3) is 11.1 Å². The van der Waals surface area contributed by atoms with Crippen molar-refractivity contribution in [3.05, 3.63) is 96.3 Å². The molecule has 0 aliphatic heterocycles. The zero-order valence-electron chi connectivity index (χ0n) is 21.3. The standard InChI is InChI=1S/C31H34N4O2/c1-2-6-23-9-17-28(18-10-23)37-29-19-13-26(14-20-29)25-11-15-27(16-12-25)32-31(36)30-22-35(34-33-30)21-24-7-4-3-5-8-24/h3-5,7-8,11-16,19-20,22-23,28H,2,6,9-10,17-18,21H2,1H3,(H,32,36). The third-order valence-electron chi connectivity index (χ3n) is 7.08. The molecule has 1 aromatic heterocycles. The summed E-state index contributed by atoms with van der Waals surface area (Å²) in [7, 11) is 0. The summed E-state index contributed by atoms with van der Waals surface area (Å²) in [5.41, 5.74) is 4.29.